The molecule has 0 spiro atoms. The number of nitrogens with one attached hydrogen (secondary N) is 1. The predicted molar refractivity (Wildman–Crippen MR) is 105 cm³/mol. The molecule has 3 rings (SSSR count). The van der Waals surface area contributed by atoms with Gasteiger partial charge >= 0.3 is 0 Å². The first-order chi connectivity index (χ1) is 13.2. The van der Waals surface area contributed by atoms with Gasteiger partial charge in [0, 0.05) is 6.54 Å². The number of halogens is 1. The van der Waals surface area contributed by atoms with E-state index < -0.39 is 26.2 Å². The number of amides is 1. The average molecular weight is 404 g/mol. The molecule has 6 nitrogen and oxygen atoms in total. The van der Waals surface area contributed by atoms with Crippen molar-refractivity contribution in [2.24, 2.45) is 5.41 Å². The minimum absolute atomic E-state index is 0.166. The molecule has 0 aromatic heterocycles. The van der Waals surface area contributed by atoms with Gasteiger partial charge in [-0.3, -0.25) is 9.52 Å². The molecule has 0 radical (unpaired) electrons. The highest BCUT2D eigenvalue weighted by Gasteiger charge is 2.37. The number of carbonyl (C=O) groups excluding carboxylic acids is 1. The van der Waals surface area contributed by atoms with Gasteiger partial charge in [0.1, 0.15) is 23.1 Å². The zero-order valence-corrected chi connectivity index (χ0v) is 16.4. The summed E-state index contributed by atoms with van der Waals surface area (Å²) in [6, 6.07) is 9.69. The number of hydrogen-bond donors (Lipinski definition) is 1. The van der Waals surface area contributed by atoms with Crippen molar-refractivity contribution in [3.8, 4) is 5.75 Å². The fourth-order valence-corrected chi connectivity index (χ4v) is 4.02. The first kappa shape index (κ1) is 19.9. The van der Waals surface area contributed by atoms with Crippen LogP contribution >= 0.6 is 0 Å². The van der Waals surface area contributed by atoms with Crippen molar-refractivity contribution in [2.75, 3.05) is 22.8 Å². The molecule has 1 heterocycles. The fourth-order valence-electron chi connectivity index (χ4n) is 2.89. The number of anilines is 2. The van der Waals surface area contributed by atoms with E-state index in [0.29, 0.717) is 11.4 Å². The Bertz CT molecular complexity index is 1030. The van der Waals surface area contributed by atoms with E-state index in [-0.39, 0.29) is 24.7 Å². The van der Waals surface area contributed by atoms with Gasteiger partial charge in [-0.25, -0.2) is 12.8 Å². The smallest absolute Gasteiger partial charge is 0.264 e. The van der Waals surface area contributed by atoms with Crippen molar-refractivity contribution < 1.29 is 22.3 Å². The lowest BCUT2D eigenvalue weighted by atomic mass is 9.93. The number of hydrogen-bond acceptors (Lipinski definition) is 4. The number of rotatable bonds is 5. The summed E-state index contributed by atoms with van der Waals surface area (Å²) in [5.41, 5.74) is -0.147. The van der Waals surface area contributed by atoms with E-state index in [0.717, 1.165) is 6.07 Å². The van der Waals surface area contributed by atoms with E-state index in [9.17, 15) is 17.6 Å². The van der Waals surface area contributed by atoms with Crippen LogP contribution in [0.4, 0.5) is 15.8 Å². The molecule has 2 aromatic carbocycles. The Morgan fingerprint density at radius 2 is 2.00 bits per heavy atom. The molecular weight excluding hydrogens is 383 g/mol. The highest BCUT2D eigenvalue weighted by atomic mass is 32.2. The summed E-state index contributed by atoms with van der Waals surface area (Å²) in [7, 11) is -4.14. The van der Waals surface area contributed by atoms with Gasteiger partial charge in [0.15, 0.2) is 0 Å². The van der Waals surface area contributed by atoms with E-state index in [1.54, 1.807) is 26.0 Å². The van der Waals surface area contributed by atoms with Crippen molar-refractivity contribution in [2.45, 2.75) is 18.7 Å². The normalized spacial score (nSPS) is 16.0. The van der Waals surface area contributed by atoms with Crippen molar-refractivity contribution in [1.82, 2.24) is 0 Å². The minimum atomic E-state index is -4.14. The molecule has 0 atom stereocenters. The number of nitrogens with zero attached hydrogens (tertiary/aromatic N) is 1. The second-order valence-electron chi connectivity index (χ2n) is 7.10. The Kier molecular flexibility index (Phi) is 5.16. The summed E-state index contributed by atoms with van der Waals surface area (Å²) in [6.45, 7) is 7.66. The molecule has 148 valence electrons. The summed E-state index contributed by atoms with van der Waals surface area (Å²) < 4.78 is 47.1. The van der Waals surface area contributed by atoms with Crippen LogP contribution in [0.5, 0.6) is 5.75 Å². The van der Waals surface area contributed by atoms with Crippen molar-refractivity contribution >= 4 is 27.3 Å². The van der Waals surface area contributed by atoms with E-state index in [2.05, 4.69) is 11.3 Å². The van der Waals surface area contributed by atoms with Crippen LogP contribution in [-0.2, 0) is 14.8 Å². The quantitative estimate of drug-likeness (QED) is 0.773. The molecule has 0 bridgehead atoms. The third-order valence-corrected chi connectivity index (χ3v) is 5.77. The van der Waals surface area contributed by atoms with Crippen LogP contribution in [0.15, 0.2) is 60.0 Å². The SMILES string of the molecule is C=CCN1C(=O)C(C)(C)COc2ccc(NS(=O)(=O)c3ccccc3F)cc21. The standard InChI is InChI=1S/C20H21FN2O4S/c1-4-11-23-16-12-14(9-10-17(16)27-13-20(2,3)19(23)24)22-28(25,26)18-8-6-5-7-15(18)21/h4-10,12,22H,1,11,13H2,2-3H3. The second kappa shape index (κ2) is 7.27. The molecule has 1 aliphatic rings. The molecule has 1 aliphatic heterocycles. The molecule has 2 aromatic rings. The largest absolute Gasteiger partial charge is 0.490 e. The highest BCUT2D eigenvalue weighted by molar-refractivity contribution is 7.92. The minimum Gasteiger partial charge on any atom is -0.490 e. The molecule has 0 aliphatic carbocycles. The lowest BCUT2D eigenvalue weighted by Crippen LogP contribution is -2.42. The Morgan fingerprint density at radius 3 is 2.68 bits per heavy atom. The number of fused-ring (bicyclic) bond motifs is 1. The summed E-state index contributed by atoms with van der Waals surface area (Å²) >= 11 is 0. The van der Waals surface area contributed by atoms with Crippen LogP contribution in [0.25, 0.3) is 0 Å². The zero-order valence-electron chi connectivity index (χ0n) is 15.6. The van der Waals surface area contributed by atoms with Gasteiger partial charge in [0.05, 0.1) is 16.8 Å². The second-order valence-corrected chi connectivity index (χ2v) is 8.75. The lowest BCUT2D eigenvalue weighted by molar-refractivity contribution is -0.127. The Morgan fingerprint density at radius 1 is 1.29 bits per heavy atom. The molecule has 1 amide bonds. The Hall–Kier alpha value is -2.87. The van der Waals surface area contributed by atoms with Crippen molar-refractivity contribution in [3.05, 3.63) is 60.9 Å². The Labute approximate surface area is 163 Å². The van der Waals surface area contributed by atoms with Gasteiger partial charge in [-0.1, -0.05) is 18.2 Å². The van der Waals surface area contributed by atoms with Crippen LogP contribution in [0.2, 0.25) is 0 Å². The number of carbonyl (C=O) groups is 1. The third kappa shape index (κ3) is 3.73. The van der Waals surface area contributed by atoms with Gasteiger partial charge in [0.25, 0.3) is 10.0 Å². The highest BCUT2D eigenvalue weighted by Crippen LogP contribution is 2.38. The predicted octanol–water partition coefficient (Wildman–Crippen LogP) is 3.56. The number of ether oxygens (including phenoxy) is 1. The van der Waals surface area contributed by atoms with E-state index in [1.165, 1.54) is 35.2 Å². The van der Waals surface area contributed by atoms with Gasteiger partial charge in [-0.15, -0.1) is 6.58 Å². The van der Waals surface area contributed by atoms with Gasteiger partial charge in [-0.2, -0.15) is 0 Å². The molecule has 0 saturated carbocycles. The topological polar surface area (TPSA) is 75.7 Å². The first-order valence-corrected chi connectivity index (χ1v) is 10.1. The van der Waals surface area contributed by atoms with Crippen LogP contribution < -0.4 is 14.4 Å². The van der Waals surface area contributed by atoms with Crippen LogP contribution in [0, 0.1) is 11.2 Å². The molecule has 0 fully saturated rings. The summed E-state index contributed by atoms with van der Waals surface area (Å²) in [6.07, 6.45) is 1.58. The zero-order chi connectivity index (χ0) is 20.5. The molecule has 0 saturated heterocycles. The van der Waals surface area contributed by atoms with Gasteiger partial charge < -0.3 is 9.64 Å². The maximum absolute atomic E-state index is 13.9. The summed E-state index contributed by atoms with van der Waals surface area (Å²) in [5.74, 6) is -0.562. The molecule has 1 N–H and O–H groups in total. The third-order valence-electron chi connectivity index (χ3n) is 4.35. The summed E-state index contributed by atoms with van der Waals surface area (Å²) in [5, 5.41) is 0. The van der Waals surface area contributed by atoms with Crippen LogP contribution in [0.1, 0.15) is 13.8 Å². The van der Waals surface area contributed by atoms with Crippen LogP contribution in [-0.4, -0.2) is 27.5 Å². The first-order valence-electron chi connectivity index (χ1n) is 8.63. The van der Waals surface area contributed by atoms with Gasteiger partial charge in [-0.05, 0) is 44.2 Å². The van der Waals surface area contributed by atoms with E-state index in [4.69, 9.17) is 4.74 Å². The monoisotopic (exact) mass is 404 g/mol. The van der Waals surface area contributed by atoms with Crippen LogP contribution in [0.3, 0.4) is 0 Å². The van der Waals surface area contributed by atoms with Crippen molar-refractivity contribution in [3.63, 3.8) is 0 Å². The summed E-state index contributed by atoms with van der Waals surface area (Å²) in [4.78, 5) is 13.9. The lowest BCUT2D eigenvalue weighted by Gasteiger charge is -2.27. The maximum Gasteiger partial charge on any atom is 0.264 e. The number of sulfonamides is 1. The van der Waals surface area contributed by atoms with E-state index in [1.807, 2.05) is 0 Å². The van der Waals surface area contributed by atoms with E-state index >= 15 is 0 Å². The van der Waals surface area contributed by atoms with Crippen molar-refractivity contribution in [1.29, 1.82) is 0 Å². The maximum atomic E-state index is 13.9. The fraction of sp³-hybridized carbons (Fsp3) is 0.250. The molecule has 0 unspecified atom stereocenters. The molecule has 28 heavy (non-hydrogen) atoms. The Balaban J connectivity index is 2.01. The molecule has 8 heteroatoms. The average Bonchev–Trinajstić information content (AvgIpc) is 2.72. The molecular formula is C20H21FN2O4S. The van der Waals surface area contributed by atoms with Gasteiger partial charge in [0.2, 0.25) is 5.91 Å². The number of benzene rings is 2.